The third-order valence-electron chi connectivity index (χ3n) is 2.86. The van der Waals surface area contributed by atoms with E-state index in [9.17, 15) is 17.0 Å². The van der Waals surface area contributed by atoms with Gasteiger partial charge in [0.2, 0.25) is 10.0 Å². The number of rotatable bonds is 6. The van der Waals surface area contributed by atoms with E-state index in [0.29, 0.717) is 12.2 Å². The summed E-state index contributed by atoms with van der Waals surface area (Å²) in [6, 6.07) is 1.78. The zero-order chi connectivity index (χ0) is 15.5. The van der Waals surface area contributed by atoms with Crippen LogP contribution in [0.15, 0.2) is 17.0 Å². The van der Waals surface area contributed by atoms with Gasteiger partial charge in [-0.3, -0.25) is 4.21 Å². The van der Waals surface area contributed by atoms with Crippen LogP contribution in [0, 0.1) is 12.7 Å². The van der Waals surface area contributed by atoms with E-state index in [1.54, 1.807) is 13.2 Å². The van der Waals surface area contributed by atoms with E-state index in [-0.39, 0.29) is 16.1 Å². The average Bonchev–Trinajstić information content (AvgIpc) is 2.32. The molecule has 1 aromatic rings. The van der Waals surface area contributed by atoms with E-state index in [1.807, 2.05) is 0 Å². The first-order valence-corrected chi connectivity index (χ1v) is 9.22. The SMILES string of the molecule is Cc1c(N)cc(S(=O)(=O)NC(C)CCS(C)=O)cc1F. The Labute approximate surface area is 121 Å². The van der Waals surface area contributed by atoms with Crippen LogP contribution in [0.4, 0.5) is 10.1 Å². The molecule has 0 aliphatic heterocycles. The fourth-order valence-corrected chi connectivity index (χ4v) is 3.57. The number of nitrogen functional groups attached to an aromatic ring is 1. The summed E-state index contributed by atoms with van der Waals surface area (Å²) in [5.41, 5.74) is 5.89. The van der Waals surface area contributed by atoms with Crippen LogP contribution in [0.1, 0.15) is 18.9 Å². The molecule has 8 heteroatoms. The van der Waals surface area contributed by atoms with Crippen molar-refractivity contribution in [1.82, 2.24) is 4.72 Å². The van der Waals surface area contributed by atoms with Gasteiger partial charge in [0.25, 0.3) is 0 Å². The highest BCUT2D eigenvalue weighted by molar-refractivity contribution is 7.89. The fraction of sp³-hybridized carbons (Fsp3) is 0.500. The highest BCUT2D eigenvalue weighted by atomic mass is 32.2. The van der Waals surface area contributed by atoms with Crippen LogP contribution in [0.3, 0.4) is 0 Å². The largest absolute Gasteiger partial charge is 0.398 e. The second-order valence-electron chi connectivity index (χ2n) is 4.71. The smallest absolute Gasteiger partial charge is 0.240 e. The van der Waals surface area contributed by atoms with Crippen LogP contribution in [0.2, 0.25) is 0 Å². The zero-order valence-electron chi connectivity index (χ0n) is 11.6. The highest BCUT2D eigenvalue weighted by Crippen LogP contribution is 2.21. The van der Waals surface area contributed by atoms with Gasteiger partial charge in [-0.15, -0.1) is 0 Å². The molecule has 0 saturated heterocycles. The van der Waals surface area contributed by atoms with Crippen molar-refractivity contribution in [3.63, 3.8) is 0 Å². The summed E-state index contributed by atoms with van der Waals surface area (Å²) in [4.78, 5) is -0.206. The Morgan fingerprint density at radius 3 is 2.55 bits per heavy atom. The number of sulfonamides is 1. The maximum atomic E-state index is 13.5. The minimum Gasteiger partial charge on any atom is -0.398 e. The zero-order valence-corrected chi connectivity index (χ0v) is 13.3. The van der Waals surface area contributed by atoms with Gasteiger partial charge in [-0.2, -0.15) is 0 Å². The highest BCUT2D eigenvalue weighted by Gasteiger charge is 2.20. The first-order chi connectivity index (χ1) is 9.13. The average molecular weight is 322 g/mol. The second-order valence-corrected chi connectivity index (χ2v) is 7.98. The summed E-state index contributed by atoms with van der Waals surface area (Å²) in [5.74, 6) is -0.263. The first kappa shape index (κ1) is 17.1. The van der Waals surface area contributed by atoms with E-state index in [2.05, 4.69) is 4.72 Å². The van der Waals surface area contributed by atoms with Crippen LogP contribution in [-0.2, 0) is 20.8 Å². The van der Waals surface area contributed by atoms with Crippen LogP contribution in [0.5, 0.6) is 0 Å². The number of hydrogen-bond donors (Lipinski definition) is 2. The molecule has 0 aromatic heterocycles. The second kappa shape index (κ2) is 6.64. The van der Waals surface area contributed by atoms with Crippen molar-refractivity contribution in [3.05, 3.63) is 23.5 Å². The molecule has 0 bridgehead atoms. The molecule has 0 radical (unpaired) electrons. The van der Waals surface area contributed by atoms with Gasteiger partial charge in [0.05, 0.1) is 4.90 Å². The molecule has 0 saturated carbocycles. The third-order valence-corrected chi connectivity index (χ3v) is 5.24. The predicted octanol–water partition coefficient (Wildman–Crippen LogP) is 1.15. The normalized spacial score (nSPS) is 15.0. The van der Waals surface area contributed by atoms with Crippen LogP contribution in [-0.4, -0.2) is 30.7 Å². The minimum absolute atomic E-state index is 0.0905. The van der Waals surface area contributed by atoms with E-state index < -0.39 is 32.7 Å². The van der Waals surface area contributed by atoms with E-state index >= 15 is 0 Å². The molecular formula is C12H19FN2O3S2. The molecule has 0 spiro atoms. The predicted molar refractivity (Wildman–Crippen MR) is 78.9 cm³/mol. The molecule has 1 rings (SSSR count). The Morgan fingerprint density at radius 1 is 1.45 bits per heavy atom. The number of hydrogen-bond acceptors (Lipinski definition) is 4. The van der Waals surface area contributed by atoms with Gasteiger partial charge in [-0.25, -0.2) is 17.5 Å². The van der Waals surface area contributed by atoms with Crippen molar-refractivity contribution in [2.75, 3.05) is 17.7 Å². The molecule has 0 aliphatic carbocycles. The summed E-state index contributed by atoms with van der Waals surface area (Å²) in [6.45, 7) is 3.14. The van der Waals surface area contributed by atoms with Crippen molar-refractivity contribution in [2.45, 2.75) is 31.2 Å². The van der Waals surface area contributed by atoms with Gasteiger partial charge >= 0.3 is 0 Å². The monoisotopic (exact) mass is 322 g/mol. The topological polar surface area (TPSA) is 89.3 Å². The van der Waals surface area contributed by atoms with Crippen LogP contribution < -0.4 is 10.5 Å². The first-order valence-electron chi connectivity index (χ1n) is 6.01. The van der Waals surface area contributed by atoms with E-state index in [4.69, 9.17) is 5.73 Å². The summed E-state index contributed by atoms with van der Waals surface area (Å²) in [6.07, 6.45) is 1.99. The van der Waals surface area contributed by atoms with E-state index in [0.717, 1.165) is 6.07 Å². The molecule has 0 amide bonds. The Hall–Kier alpha value is -0.990. The summed E-state index contributed by atoms with van der Waals surface area (Å²) in [5, 5.41) is 0. The van der Waals surface area contributed by atoms with Crippen molar-refractivity contribution >= 4 is 26.5 Å². The molecule has 114 valence electrons. The van der Waals surface area contributed by atoms with E-state index in [1.165, 1.54) is 13.0 Å². The molecule has 1 aromatic carbocycles. The lowest BCUT2D eigenvalue weighted by Crippen LogP contribution is -2.33. The van der Waals surface area contributed by atoms with Gasteiger partial charge < -0.3 is 5.73 Å². The fourth-order valence-electron chi connectivity index (χ4n) is 1.56. The van der Waals surface area contributed by atoms with Crippen LogP contribution in [0.25, 0.3) is 0 Å². The number of nitrogens with two attached hydrogens (primary N) is 1. The Balaban J connectivity index is 2.91. The molecule has 3 N–H and O–H groups in total. The van der Waals surface area contributed by atoms with Crippen molar-refractivity contribution in [1.29, 1.82) is 0 Å². The lowest BCUT2D eigenvalue weighted by Gasteiger charge is -2.14. The quantitative estimate of drug-likeness (QED) is 0.769. The molecule has 0 aliphatic rings. The number of anilines is 1. The maximum Gasteiger partial charge on any atom is 0.240 e. The Morgan fingerprint density at radius 2 is 2.05 bits per heavy atom. The number of benzene rings is 1. The molecular weight excluding hydrogens is 303 g/mol. The number of nitrogens with one attached hydrogen (secondary N) is 1. The van der Waals surface area contributed by atoms with Crippen molar-refractivity contribution in [3.8, 4) is 0 Å². The minimum atomic E-state index is -3.84. The molecule has 0 heterocycles. The molecule has 20 heavy (non-hydrogen) atoms. The van der Waals surface area contributed by atoms with Gasteiger partial charge in [0, 0.05) is 40.1 Å². The van der Waals surface area contributed by atoms with Crippen LogP contribution >= 0.6 is 0 Å². The maximum absolute atomic E-state index is 13.5. The van der Waals surface area contributed by atoms with Gasteiger partial charge in [-0.05, 0) is 32.4 Å². The molecule has 2 unspecified atom stereocenters. The standard InChI is InChI=1S/C12H19FN2O3S2/c1-8(4-5-19(3)16)15-20(17,18)10-6-11(13)9(2)12(14)7-10/h6-8,15H,4-5,14H2,1-3H3. The molecule has 5 nitrogen and oxygen atoms in total. The lowest BCUT2D eigenvalue weighted by atomic mass is 10.2. The van der Waals surface area contributed by atoms with Crippen molar-refractivity contribution < 1.29 is 17.0 Å². The van der Waals surface area contributed by atoms with Gasteiger partial charge in [0.15, 0.2) is 0 Å². The Kier molecular flexibility index (Phi) is 5.67. The molecule has 0 fully saturated rings. The summed E-state index contributed by atoms with van der Waals surface area (Å²) >= 11 is 0. The van der Waals surface area contributed by atoms with Gasteiger partial charge in [-0.1, -0.05) is 0 Å². The third kappa shape index (κ3) is 4.53. The number of halogens is 1. The summed E-state index contributed by atoms with van der Waals surface area (Å²) < 4.78 is 51.1. The molecule has 2 atom stereocenters. The summed E-state index contributed by atoms with van der Waals surface area (Å²) in [7, 11) is -4.82. The van der Waals surface area contributed by atoms with Gasteiger partial charge in [0.1, 0.15) is 5.82 Å². The Bertz CT molecular complexity index is 594. The van der Waals surface area contributed by atoms with Crippen molar-refractivity contribution in [2.24, 2.45) is 0 Å². The lowest BCUT2D eigenvalue weighted by molar-refractivity contribution is 0.553.